The van der Waals surface area contributed by atoms with Gasteiger partial charge in [-0.2, -0.15) is 0 Å². The summed E-state index contributed by atoms with van der Waals surface area (Å²) in [4.78, 5) is 20.7. The maximum Gasteiger partial charge on any atom is 0.332 e. The molecular formula is C32H48BClN4O3P. The SMILES string of the molecule is C=COCC1CCCCN1C.CC(=Nc1cc([B]OC(C)(C)C(C)(C)P)c(N)cc1C=O)N(C)Cc1ccc(Cl)cc1. The highest BCUT2D eigenvalue weighted by atomic mass is 35.5. The van der Waals surface area contributed by atoms with E-state index in [0.717, 1.165) is 24.3 Å². The van der Waals surface area contributed by atoms with Gasteiger partial charge < -0.3 is 24.9 Å². The van der Waals surface area contributed by atoms with Gasteiger partial charge in [0, 0.05) is 41.1 Å². The summed E-state index contributed by atoms with van der Waals surface area (Å²) in [6.45, 7) is 16.3. The zero-order valence-corrected chi connectivity index (χ0v) is 28.2. The van der Waals surface area contributed by atoms with Gasteiger partial charge in [-0.3, -0.25) is 4.79 Å². The third-order valence-electron chi connectivity index (χ3n) is 7.89. The average Bonchev–Trinajstić information content (AvgIpc) is 2.93. The van der Waals surface area contributed by atoms with Gasteiger partial charge in [-0.1, -0.05) is 50.6 Å². The van der Waals surface area contributed by atoms with Gasteiger partial charge in [0.05, 0.1) is 17.6 Å². The van der Waals surface area contributed by atoms with Crippen molar-refractivity contribution in [1.82, 2.24) is 9.80 Å². The molecule has 1 aliphatic rings. The van der Waals surface area contributed by atoms with Crippen LogP contribution in [0.5, 0.6) is 0 Å². The molecular weight excluding hydrogens is 566 g/mol. The minimum Gasteiger partial charge on any atom is -0.500 e. The number of nitrogen functional groups attached to an aromatic ring is 1. The number of halogens is 1. The fourth-order valence-electron chi connectivity index (χ4n) is 4.07. The van der Waals surface area contributed by atoms with E-state index in [4.69, 9.17) is 26.7 Å². The van der Waals surface area contributed by atoms with Crippen molar-refractivity contribution >= 4 is 57.3 Å². The number of amidine groups is 1. The zero-order chi connectivity index (χ0) is 31.5. The van der Waals surface area contributed by atoms with Crippen molar-refractivity contribution in [2.24, 2.45) is 4.99 Å². The Morgan fingerprint density at radius 1 is 1.26 bits per heavy atom. The Labute approximate surface area is 261 Å². The van der Waals surface area contributed by atoms with E-state index < -0.39 is 5.60 Å². The van der Waals surface area contributed by atoms with Gasteiger partial charge in [0.15, 0.2) is 6.29 Å². The number of likely N-dealkylation sites (tertiary alicyclic amines) is 1. The van der Waals surface area contributed by atoms with Crippen molar-refractivity contribution < 1.29 is 14.2 Å². The van der Waals surface area contributed by atoms with Crippen molar-refractivity contribution in [3.8, 4) is 0 Å². The quantitative estimate of drug-likeness (QED) is 0.0615. The van der Waals surface area contributed by atoms with Crippen LogP contribution in [0.3, 0.4) is 0 Å². The molecule has 1 fully saturated rings. The van der Waals surface area contributed by atoms with Crippen LogP contribution in [0.25, 0.3) is 0 Å². The van der Waals surface area contributed by atoms with E-state index in [9.17, 15) is 4.79 Å². The standard InChI is InChI=1S/C23H31BClN3O2P.C9H17NO/c1-15(28(6)13-16-7-9-18(25)10-8-16)27-21-12-19(20(26)11-17(21)14-29)24-30-22(2,3)23(4,5)31;1-3-11-8-9-6-4-5-7-10(9)2/h7-12,14H,13,26,31H2,1-6H3;3,9H,1,4-8H2,2H3. The Morgan fingerprint density at radius 2 is 1.93 bits per heavy atom. The monoisotopic (exact) mass is 613 g/mol. The molecule has 2 aromatic rings. The van der Waals surface area contributed by atoms with Gasteiger partial charge in [0.1, 0.15) is 12.4 Å². The third kappa shape index (κ3) is 11.0. The Bertz CT molecular complexity index is 1200. The van der Waals surface area contributed by atoms with Crippen LogP contribution < -0.4 is 11.2 Å². The molecule has 10 heteroatoms. The Hall–Kier alpha value is -2.38. The second kappa shape index (κ2) is 16.5. The summed E-state index contributed by atoms with van der Waals surface area (Å²) in [7, 11) is 8.55. The highest BCUT2D eigenvalue weighted by Gasteiger charge is 2.34. The summed E-state index contributed by atoms with van der Waals surface area (Å²) >= 11 is 5.96. The van der Waals surface area contributed by atoms with Gasteiger partial charge in [-0.15, -0.1) is 9.24 Å². The number of anilines is 1. The fourth-order valence-corrected chi connectivity index (χ4v) is 4.26. The molecule has 2 N–H and O–H groups in total. The lowest BCUT2D eigenvalue weighted by molar-refractivity contribution is 0.0841. The number of hydrogen-bond donors (Lipinski definition) is 1. The summed E-state index contributed by atoms with van der Waals surface area (Å²) in [6.07, 6.45) is 6.24. The summed E-state index contributed by atoms with van der Waals surface area (Å²) in [5, 5.41) is 0.552. The molecule has 0 bridgehead atoms. The van der Waals surface area contributed by atoms with E-state index in [0.29, 0.717) is 40.0 Å². The summed E-state index contributed by atoms with van der Waals surface area (Å²) in [6, 6.07) is 11.7. The Morgan fingerprint density at radius 3 is 2.50 bits per heavy atom. The molecule has 0 saturated carbocycles. The molecule has 1 saturated heterocycles. The fraction of sp³-hybridized carbons (Fsp3) is 0.500. The first-order valence-corrected chi connectivity index (χ1v) is 15.3. The molecule has 229 valence electrons. The van der Waals surface area contributed by atoms with E-state index in [1.807, 2.05) is 57.0 Å². The number of piperidine rings is 1. The molecule has 1 aliphatic heterocycles. The van der Waals surface area contributed by atoms with E-state index in [1.165, 1.54) is 32.1 Å². The molecule has 0 aliphatic carbocycles. The van der Waals surface area contributed by atoms with Crippen LogP contribution >= 0.6 is 20.8 Å². The number of nitrogens with zero attached hydrogens (tertiary/aromatic N) is 3. The summed E-state index contributed by atoms with van der Waals surface area (Å²) in [5.74, 6) is 0.765. The number of rotatable bonds is 11. The first-order valence-electron chi connectivity index (χ1n) is 14.3. The predicted octanol–water partition coefficient (Wildman–Crippen LogP) is 6.24. The number of aldehydes is 1. The molecule has 1 radical (unpaired) electrons. The van der Waals surface area contributed by atoms with Crippen LogP contribution in [-0.4, -0.2) is 73.4 Å². The summed E-state index contributed by atoms with van der Waals surface area (Å²) in [5.41, 5.74) is 8.95. The number of hydrogen-bond acceptors (Lipinski definition) is 6. The van der Waals surface area contributed by atoms with Crippen molar-refractivity contribution in [2.75, 3.05) is 33.0 Å². The minimum absolute atomic E-state index is 0.150. The number of benzene rings is 2. The smallest absolute Gasteiger partial charge is 0.332 e. The van der Waals surface area contributed by atoms with Crippen LogP contribution in [0.4, 0.5) is 11.4 Å². The highest BCUT2D eigenvalue weighted by Crippen LogP contribution is 2.33. The molecule has 0 spiro atoms. The molecule has 2 atom stereocenters. The van der Waals surface area contributed by atoms with Crippen LogP contribution in [0, 0.1) is 0 Å². The lowest BCUT2D eigenvalue weighted by Crippen LogP contribution is -2.45. The topological polar surface area (TPSA) is 80.4 Å². The molecule has 42 heavy (non-hydrogen) atoms. The van der Waals surface area contributed by atoms with Gasteiger partial charge >= 0.3 is 7.48 Å². The Kier molecular flexibility index (Phi) is 14.0. The number of likely N-dealkylation sites (N-methyl/N-ethyl adjacent to an activating group) is 1. The maximum atomic E-state index is 11.6. The van der Waals surface area contributed by atoms with Crippen molar-refractivity contribution in [3.05, 3.63) is 65.4 Å². The second-order valence-electron chi connectivity index (χ2n) is 11.9. The highest BCUT2D eigenvalue weighted by molar-refractivity contribution is 7.19. The van der Waals surface area contributed by atoms with Crippen LogP contribution in [0.1, 0.15) is 69.8 Å². The lowest BCUT2D eigenvalue weighted by Gasteiger charge is -2.39. The molecule has 2 unspecified atom stereocenters. The van der Waals surface area contributed by atoms with Crippen molar-refractivity contribution in [3.63, 3.8) is 0 Å². The molecule has 0 amide bonds. The lowest BCUT2D eigenvalue weighted by atomic mass is 9.82. The number of ether oxygens (including phenoxy) is 1. The number of nitrogens with two attached hydrogens (primary N) is 1. The third-order valence-corrected chi connectivity index (χ3v) is 8.83. The van der Waals surface area contributed by atoms with Gasteiger partial charge in [0.25, 0.3) is 0 Å². The summed E-state index contributed by atoms with van der Waals surface area (Å²) < 4.78 is 11.2. The van der Waals surface area contributed by atoms with E-state index in [1.54, 1.807) is 19.6 Å². The molecule has 3 rings (SSSR count). The van der Waals surface area contributed by atoms with Crippen LogP contribution in [0.15, 0.2) is 54.2 Å². The molecule has 0 aromatic heterocycles. The number of carbonyl (C=O) groups is 1. The first-order chi connectivity index (χ1) is 19.7. The second-order valence-corrected chi connectivity index (χ2v) is 13.8. The minimum atomic E-state index is -0.439. The maximum absolute atomic E-state index is 11.6. The zero-order valence-electron chi connectivity index (χ0n) is 26.3. The average molecular weight is 614 g/mol. The Balaban J connectivity index is 0.000000468. The van der Waals surface area contributed by atoms with E-state index in [2.05, 4.69) is 46.6 Å². The number of aliphatic imine (C=N–C) groups is 1. The van der Waals surface area contributed by atoms with Crippen molar-refractivity contribution in [1.29, 1.82) is 0 Å². The normalized spacial score (nSPS) is 16.2. The molecule has 1 heterocycles. The molecule has 7 nitrogen and oxygen atoms in total. The van der Waals surface area contributed by atoms with E-state index >= 15 is 0 Å². The first kappa shape index (κ1) is 35.8. The molecule has 2 aromatic carbocycles. The van der Waals surface area contributed by atoms with E-state index in [-0.39, 0.29) is 5.16 Å². The number of carbonyl (C=O) groups excluding carboxylic acids is 1. The predicted molar refractivity (Wildman–Crippen MR) is 183 cm³/mol. The van der Waals surface area contributed by atoms with Crippen molar-refractivity contribution in [2.45, 2.75) is 77.2 Å². The largest absolute Gasteiger partial charge is 0.500 e. The van der Waals surface area contributed by atoms with Gasteiger partial charge in [-0.05, 0) is 82.5 Å². The van der Waals surface area contributed by atoms with Crippen LogP contribution in [0.2, 0.25) is 5.02 Å². The van der Waals surface area contributed by atoms with Gasteiger partial charge in [0.2, 0.25) is 0 Å². The van der Waals surface area contributed by atoms with Crippen LogP contribution in [-0.2, 0) is 15.9 Å². The van der Waals surface area contributed by atoms with Gasteiger partial charge in [-0.25, -0.2) is 4.99 Å².